The normalized spacial score (nSPS) is 20.4. The minimum atomic E-state index is -0.462. The van der Waals surface area contributed by atoms with Crippen LogP contribution in [0.3, 0.4) is 0 Å². The molecule has 5 heteroatoms. The Morgan fingerprint density at radius 2 is 2.04 bits per heavy atom. The Labute approximate surface area is 141 Å². The van der Waals surface area contributed by atoms with Crippen LogP contribution < -0.4 is 10.5 Å². The lowest BCUT2D eigenvalue weighted by Crippen LogP contribution is -2.27. The first-order valence-corrected chi connectivity index (χ1v) is 7.97. The van der Waals surface area contributed by atoms with Gasteiger partial charge in [-0.3, -0.25) is 4.79 Å². The van der Waals surface area contributed by atoms with Crippen molar-refractivity contribution in [3.8, 4) is 11.8 Å². The lowest BCUT2D eigenvalue weighted by atomic mass is 9.76. The predicted molar refractivity (Wildman–Crippen MR) is 89.0 cm³/mol. The summed E-state index contributed by atoms with van der Waals surface area (Å²) < 4.78 is 11.0. The molecule has 24 heavy (non-hydrogen) atoms. The predicted octanol–water partition coefficient (Wildman–Crippen LogP) is 3.13. The maximum absolute atomic E-state index is 12.6. The zero-order valence-electron chi connectivity index (χ0n) is 14.1. The molecule has 1 aliphatic carbocycles. The Balaban J connectivity index is 2.24. The Hall–Kier alpha value is -2.74. The van der Waals surface area contributed by atoms with Gasteiger partial charge in [0.15, 0.2) is 5.78 Å². The van der Waals surface area contributed by atoms with Crippen LogP contribution in [-0.2, 0) is 9.53 Å². The SMILES string of the molecule is COc1ccc([C@@H]2C(C#N)=C(N)OC3=C2C(=O)CCC3)c(C)c1C. The summed E-state index contributed by atoms with van der Waals surface area (Å²) in [4.78, 5) is 12.6. The number of ether oxygens (including phenoxy) is 2. The number of nitrogens with two attached hydrogens (primary N) is 1. The molecule has 1 atom stereocenters. The van der Waals surface area contributed by atoms with Crippen molar-refractivity contribution in [2.45, 2.75) is 39.0 Å². The molecule has 0 saturated carbocycles. The molecule has 0 saturated heterocycles. The number of hydrogen-bond donors (Lipinski definition) is 1. The van der Waals surface area contributed by atoms with Crippen molar-refractivity contribution < 1.29 is 14.3 Å². The summed E-state index contributed by atoms with van der Waals surface area (Å²) in [7, 11) is 1.62. The summed E-state index contributed by atoms with van der Waals surface area (Å²) in [6, 6.07) is 5.92. The summed E-state index contributed by atoms with van der Waals surface area (Å²) in [5.41, 5.74) is 9.75. The molecule has 0 spiro atoms. The van der Waals surface area contributed by atoms with Gasteiger partial charge in [-0.1, -0.05) is 6.07 Å². The van der Waals surface area contributed by atoms with Gasteiger partial charge in [0.1, 0.15) is 23.2 Å². The second-order valence-corrected chi connectivity index (χ2v) is 6.15. The van der Waals surface area contributed by atoms with Gasteiger partial charge in [0.05, 0.1) is 13.0 Å². The van der Waals surface area contributed by atoms with Crippen molar-refractivity contribution >= 4 is 5.78 Å². The van der Waals surface area contributed by atoms with Gasteiger partial charge >= 0.3 is 0 Å². The largest absolute Gasteiger partial charge is 0.496 e. The van der Waals surface area contributed by atoms with E-state index < -0.39 is 5.92 Å². The third-order valence-electron chi connectivity index (χ3n) is 4.92. The lowest BCUT2D eigenvalue weighted by molar-refractivity contribution is -0.116. The number of carbonyl (C=O) groups excluding carboxylic acids is 1. The molecule has 1 aliphatic heterocycles. The van der Waals surface area contributed by atoms with Gasteiger partial charge < -0.3 is 15.2 Å². The van der Waals surface area contributed by atoms with Crippen LogP contribution in [0, 0.1) is 25.2 Å². The highest BCUT2D eigenvalue weighted by molar-refractivity contribution is 5.99. The van der Waals surface area contributed by atoms with Gasteiger partial charge in [-0.2, -0.15) is 5.26 Å². The number of ketones is 1. The number of Topliss-reactive ketones (excluding diaryl/α,β-unsaturated/α-hetero) is 1. The van der Waals surface area contributed by atoms with Crippen molar-refractivity contribution in [3.63, 3.8) is 0 Å². The van der Waals surface area contributed by atoms with Gasteiger partial charge in [-0.15, -0.1) is 0 Å². The first kappa shape index (κ1) is 16.1. The Kier molecular flexibility index (Phi) is 4.06. The summed E-state index contributed by atoms with van der Waals surface area (Å²) in [6.07, 6.45) is 1.90. The molecule has 0 fully saturated rings. The standard InChI is InChI=1S/C19H20N2O3/c1-10-11(2)15(23-3)8-7-12(10)17-13(9-20)19(21)24-16-6-4-5-14(22)18(16)17/h7-8,17H,4-6,21H2,1-3H3/t17-/m1/s1. The Morgan fingerprint density at radius 1 is 1.29 bits per heavy atom. The highest BCUT2D eigenvalue weighted by Gasteiger charge is 2.38. The van der Waals surface area contributed by atoms with E-state index >= 15 is 0 Å². The van der Waals surface area contributed by atoms with Crippen LogP contribution in [0.1, 0.15) is 41.9 Å². The van der Waals surface area contributed by atoms with Gasteiger partial charge in [0.2, 0.25) is 5.88 Å². The van der Waals surface area contributed by atoms with Crippen molar-refractivity contribution in [1.29, 1.82) is 5.26 Å². The Bertz CT molecular complexity index is 828. The number of hydrogen-bond acceptors (Lipinski definition) is 5. The second kappa shape index (κ2) is 6.04. The van der Waals surface area contributed by atoms with E-state index in [2.05, 4.69) is 6.07 Å². The van der Waals surface area contributed by atoms with Crippen molar-refractivity contribution in [2.24, 2.45) is 5.73 Å². The van der Waals surface area contributed by atoms with E-state index in [0.29, 0.717) is 29.7 Å². The van der Waals surface area contributed by atoms with E-state index in [9.17, 15) is 10.1 Å². The number of carbonyl (C=O) groups is 1. The summed E-state index contributed by atoms with van der Waals surface area (Å²) in [6.45, 7) is 3.94. The quantitative estimate of drug-likeness (QED) is 0.903. The van der Waals surface area contributed by atoms with Crippen molar-refractivity contribution in [2.75, 3.05) is 7.11 Å². The van der Waals surface area contributed by atoms with Crippen molar-refractivity contribution in [1.82, 2.24) is 0 Å². The molecular weight excluding hydrogens is 304 g/mol. The molecule has 1 aromatic rings. The first-order valence-electron chi connectivity index (χ1n) is 7.97. The summed E-state index contributed by atoms with van der Waals surface area (Å²) in [5, 5.41) is 9.60. The minimum absolute atomic E-state index is 0.0365. The number of benzene rings is 1. The monoisotopic (exact) mass is 324 g/mol. The van der Waals surface area contributed by atoms with E-state index in [0.717, 1.165) is 28.9 Å². The molecule has 1 aromatic carbocycles. The zero-order valence-corrected chi connectivity index (χ0v) is 14.1. The molecule has 5 nitrogen and oxygen atoms in total. The average molecular weight is 324 g/mol. The second-order valence-electron chi connectivity index (χ2n) is 6.15. The smallest absolute Gasteiger partial charge is 0.205 e. The molecule has 2 aliphatic rings. The Morgan fingerprint density at radius 3 is 2.71 bits per heavy atom. The fraction of sp³-hybridized carbons (Fsp3) is 0.368. The molecule has 0 aromatic heterocycles. The van der Waals surface area contributed by atoms with Gasteiger partial charge in [-0.25, -0.2) is 0 Å². The van der Waals surface area contributed by atoms with Crippen LogP contribution in [0.25, 0.3) is 0 Å². The first-order chi connectivity index (χ1) is 11.5. The highest BCUT2D eigenvalue weighted by Crippen LogP contribution is 2.45. The van der Waals surface area contributed by atoms with E-state index in [1.54, 1.807) is 7.11 Å². The number of rotatable bonds is 2. The van der Waals surface area contributed by atoms with Crippen LogP contribution in [0.5, 0.6) is 5.75 Å². The minimum Gasteiger partial charge on any atom is -0.496 e. The lowest BCUT2D eigenvalue weighted by Gasteiger charge is -2.32. The highest BCUT2D eigenvalue weighted by atomic mass is 16.5. The molecule has 3 rings (SSSR count). The maximum atomic E-state index is 12.6. The number of methoxy groups -OCH3 is 1. The molecule has 0 amide bonds. The molecule has 124 valence electrons. The van der Waals surface area contributed by atoms with Crippen LogP contribution >= 0.6 is 0 Å². The number of nitriles is 1. The fourth-order valence-electron chi connectivity index (χ4n) is 3.52. The molecular formula is C19H20N2O3. The zero-order chi connectivity index (χ0) is 17.4. The number of allylic oxidation sites excluding steroid dienone is 3. The van der Waals surface area contributed by atoms with E-state index in [-0.39, 0.29) is 11.7 Å². The van der Waals surface area contributed by atoms with Crippen LogP contribution in [0.2, 0.25) is 0 Å². The van der Waals surface area contributed by atoms with Crippen LogP contribution in [0.4, 0.5) is 0 Å². The van der Waals surface area contributed by atoms with E-state index in [1.807, 2.05) is 26.0 Å². The number of nitrogens with zero attached hydrogens (tertiary/aromatic N) is 1. The molecule has 0 radical (unpaired) electrons. The van der Waals surface area contributed by atoms with Crippen molar-refractivity contribution in [3.05, 3.63) is 51.6 Å². The van der Waals surface area contributed by atoms with Gasteiger partial charge in [0.25, 0.3) is 0 Å². The van der Waals surface area contributed by atoms with E-state index in [1.165, 1.54) is 0 Å². The fourth-order valence-corrected chi connectivity index (χ4v) is 3.52. The van der Waals surface area contributed by atoms with E-state index in [4.69, 9.17) is 15.2 Å². The van der Waals surface area contributed by atoms with Gasteiger partial charge in [-0.05, 0) is 43.0 Å². The third-order valence-corrected chi connectivity index (χ3v) is 4.92. The molecule has 0 unspecified atom stereocenters. The topological polar surface area (TPSA) is 85.3 Å². The molecule has 2 N–H and O–H groups in total. The van der Waals surface area contributed by atoms with Crippen LogP contribution in [-0.4, -0.2) is 12.9 Å². The maximum Gasteiger partial charge on any atom is 0.205 e. The third kappa shape index (κ3) is 2.35. The summed E-state index contributed by atoms with van der Waals surface area (Å²) in [5.74, 6) is 1.07. The molecule has 0 bridgehead atoms. The molecule has 1 heterocycles. The van der Waals surface area contributed by atoms with Crippen LogP contribution in [0.15, 0.2) is 34.9 Å². The average Bonchev–Trinajstić information content (AvgIpc) is 2.56. The van der Waals surface area contributed by atoms with Gasteiger partial charge in [0, 0.05) is 18.4 Å². The summed E-state index contributed by atoms with van der Waals surface area (Å²) >= 11 is 0.